The Morgan fingerprint density at radius 2 is 1.66 bits per heavy atom. The summed E-state index contributed by atoms with van der Waals surface area (Å²) in [6.45, 7) is 2.55. The normalized spacial score (nSPS) is 10.6. The van der Waals surface area contributed by atoms with Crippen molar-refractivity contribution in [2.24, 2.45) is 0 Å². The molecule has 0 saturated heterocycles. The summed E-state index contributed by atoms with van der Waals surface area (Å²) in [4.78, 5) is 30.3. The fourth-order valence-electron chi connectivity index (χ4n) is 2.85. The van der Waals surface area contributed by atoms with Gasteiger partial charge in [-0.15, -0.1) is 11.3 Å². The molecule has 0 radical (unpaired) electrons. The van der Waals surface area contributed by atoms with Crippen molar-refractivity contribution in [1.29, 1.82) is 0 Å². The fraction of sp³-hybridized carbons (Fsp3) is 0.261. The molecule has 1 aromatic heterocycles. The predicted octanol–water partition coefficient (Wildman–Crippen LogP) is 3.93. The SMILES string of the molecule is CCc1ccc(-c2nc(CC(=O)NCc3ccc(C(=O)N(C)C)cc3)cs2)cc1. The molecule has 5 nitrogen and oxygen atoms in total. The third-order valence-electron chi connectivity index (χ3n) is 4.60. The molecule has 0 aliphatic heterocycles. The highest BCUT2D eigenvalue weighted by molar-refractivity contribution is 7.13. The summed E-state index contributed by atoms with van der Waals surface area (Å²) in [5, 5.41) is 5.78. The van der Waals surface area contributed by atoms with Gasteiger partial charge in [0.2, 0.25) is 5.91 Å². The molecule has 1 heterocycles. The zero-order valence-electron chi connectivity index (χ0n) is 16.9. The molecule has 2 aromatic carbocycles. The van der Waals surface area contributed by atoms with Crippen molar-refractivity contribution in [3.05, 3.63) is 76.3 Å². The Hall–Kier alpha value is -2.99. The van der Waals surface area contributed by atoms with Crippen LogP contribution in [-0.2, 0) is 24.2 Å². The van der Waals surface area contributed by atoms with Crippen LogP contribution in [0.1, 0.15) is 34.1 Å². The van der Waals surface area contributed by atoms with Crippen LogP contribution in [0, 0.1) is 0 Å². The molecule has 0 unspecified atom stereocenters. The summed E-state index contributed by atoms with van der Waals surface area (Å²) in [6.07, 6.45) is 1.26. The molecule has 0 bridgehead atoms. The average Bonchev–Trinajstić information content (AvgIpc) is 3.20. The molecule has 3 aromatic rings. The second-order valence-electron chi connectivity index (χ2n) is 7.04. The van der Waals surface area contributed by atoms with Crippen LogP contribution in [0.5, 0.6) is 0 Å². The standard InChI is InChI=1S/C23H25N3O2S/c1-4-16-5-9-18(10-6-16)22-25-20(15-29-22)13-21(27)24-14-17-7-11-19(12-8-17)23(28)26(2)3/h5-12,15H,4,13-14H2,1-3H3,(H,24,27). The van der Waals surface area contributed by atoms with Crippen LogP contribution in [-0.4, -0.2) is 35.8 Å². The van der Waals surface area contributed by atoms with E-state index in [4.69, 9.17) is 0 Å². The molecule has 1 N–H and O–H groups in total. The summed E-state index contributed by atoms with van der Waals surface area (Å²) in [5.41, 5.74) is 4.72. The van der Waals surface area contributed by atoms with Crippen LogP contribution < -0.4 is 5.32 Å². The zero-order valence-corrected chi connectivity index (χ0v) is 17.8. The van der Waals surface area contributed by atoms with Gasteiger partial charge >= 0.3 is 0 Å². The Morgan fingerprint density at radius 1 is 1.00 bits per heavy atom. The van der Waals surface area contributed by atoms with E-state index in [0.29, 0.717) is 12.1 Å². The number of nitrogens with one attached hydrogen (secondary N) is 1. The van der Waals surface area contributed by atoms with Gasteiger partial charge in [-0.1, -0.05) is 43.3 Å². The molecule has 0 saturated carbocycles. The number of carbonyl (C=O) groups excluding carboxylic acids is 2. The fourth-order valence-corrected chi connectivity index (χ4v) is 3.68. The Bertz CT molecular complexity index is 976. The van der Waals surface area contributed by atoms with E-state index in [1.54, 1.807) is 37.6 Å². The van der Waals surface area contributed by atoms with Gasteiger partial charge in [0.15, 0.2) is 0 Å². The molecular formula is C23H25N3O2S. The Labute approximate surface area is 175 Å². The summed E-state index contributed by atoms with van der Waals surface area (Å²) in [5.74, 6) is -0.110. The van der Waals surface area contributed by atoms with Crippen LogP contribution in [0.3, 0.4) is 0 Å². The lowest BCUT2D eigenvalue weighted by atomic mass is 10.1. The molecule has 150 valence electrons. The van der Waals surface area contributed by atoms with Crippen molar-refractivity contribution >= 4 is 23.2 Å². The third kappa shape index (κ3) is 5.51. The van der Waals surface area contributed by atoms with Gasteiger partial charge < -0.3 is 10.2 Å². The van der Waals surface area contributed by atoms with Crippen molar-refractivity contribution in [2.45, 2.75) is 26.3 Å². The number of nitrogens with zero attached hydrogens (tertiary/aromatic N) is 2. The number of rotatable bonds is 7. The summed E-state index contributed by atoms with van der Waals surface area (Å²) in [6, 6.07) is 15.6. The summed E-state index contributed by atoms with van der Waals surface area (Å²) >= 11 is 1.55. The number of hydrogen-bond donors (Lipinski definition) is 1. The monoisotopic (exact) mass is 407 g/mol. The highest BCUT2D eigenvalue weighted by atomic mass is 32.1. The first-order valence-corrected chi connectivity index (χ1v) is 10.4. The second-order valence-corrected chi connectivity index (χ2v) is 7.90. The number of amides is 2. The van der Waals surface area contributed by atoms with Gasteiger partial charge in [0.05, 0.1) is 12.1 Å². The number of thiazole rings is 1. The average molecular weight is 408 g/mol. The molecule has 0 spiro atoms. The number of aryl methyl sites for hydroxylation is 1. The van der Waals surface area contributed by atoms with Crippen LogP contribution in [0.15, 0.2) is 53.9 Å². The molecule has 0 fully saturated rings. The van der Waals surface area contributed by atoms with Gasteiger partial charge in [-0.3, -0.25) is 9.59 Å². The lowest BCUT2D eigenvalue weighted by molar-refractivity contribution is -0.120. The molecule has 0 aliphatic rings. The molecule has 3 rings (SSSR count). The molecule has 0 atom stereocenters. The molecule has 0 aliphatic carbocycles. The lowest BCUT2D eigenvalue weighted by Crippen LogP contribution is -2.25. The Balaban J connectivity index is 1.53. The maximum atomic E-state index is 12.3. The van der Waals surface area contributed by atoms with E-state index in [-0.39, 0.29) is 18.2 Å². The molecular weight excluding hydrogens is 382 g/mol. The van der Waals surface area contributed by atoms with Crippen molar-refractivity contribution in [3.8, 4) is 10.6 Å². The summed E-state index contributed by atoms with van der Waals surface area (Å²) < 4.78 is 0. The summed E-state index contributed by atoms with van der Waals surface area (Å²) in [7, 11) is 3.45. The first-order chi connectivity index (χ1) is 14.0. The van der Waals surface area contributed by atoms with Gasteiger partial charge in [-0.05, 0) is 29.7 Å². The van der Waals surface area contributed by atoms with Crippen molar-refractivity contribution in [3.63, 3.8) is 0 Å². The molecule has 2 amide bonds. The highest BCUT2D eigenvalue weighted by Gasteiger charge is 2.10. The molecule has 29 heavy (non-hydrogen) atoms. The quantitative estimate of drug-likeness (QED) is 0.645. The third-order valence-corrected chi connectivity index (χ3v) is 5.54. The van der Waals surface area contributed by atoms with Crippen LogP contribution in [0.2, 0.25) is 0 Å². The lowest BCUT2D eigenvalue weighted by Gasteiger charge is -2.10. The number of hydrogen-bond acceptors (Lipinski definition) is 4. The van der Waals surface area contributed by atoms with Crippen LogP contribution in [0.4, 0.5) is 0 Å². The zero-order chi connectivity index (χ0) is 20.8. The topological polar surface area (TPSA) is 62.3 Å². The first kappa shape index (κ1) is 20.7. The minimum absolute atomic E-state index is 0.0377. The predicted molar refractivity (Wildman–Crippen MR) is 117 cm³/mol. The minimum atomic E-state index is -0.0726. The first-order valence-electron chi connectivity index (χ1n) is 9.57. The number of aromatic nitrogens is 1. The Morgan fingerprint density at radius 3 is 2.28 bits per heavy atom. The maximum absolute atomic E-state index is 12.3. The van der Waals surface area contributed by atoms with E-state index in [2.05, 4.69) is 41.5 Å². The number of benzene rings is 2. The van der Waals surface area contributed by atoms with Crippen LogP contribution in [0.25, 0.3) is 10.6 Å². The van der Waals surface area contributed by atoms with E-state index >= 15 is 0 Å². The smallest absolute Gasteiger partial charge is 0.253 e. The van der Waals surface area contributed by atoms with Crippen molar-refractivity contribution < 1.29 is 9.59 Å². The van der Waals surface area contributed by atoms with Gasteiger partial charge in [-0.25, -0.2) is 4.98 Å². The van der Waals surface area contributed by atoms with Crippen molar-refractivity contribution in [1.82, 2.24) is 15.2 Å². The van der Waals surface area contributed by atoms with E-state index < -0.39 is 0 Å². The second kappa shape index (κ2) is 9.47. The van der Waals surface area contributed by atoms with Crippen molar-refractivity contribution in [2.75, 3.05) is 14.1 Å². The van der Waals surface area contributed by atoms with Crippen LogP contribution >= 0.6 is 11.3 Å². The van der Waals surface area contributed by atoms with Gasteiger partial charge in [-0.2, -0.15) is 0 Å². The minimum Gasteiger partial charge on any atom is -0.352 e. The Kier molecular flexibility index (Phi) is 6.77. The largest absolute Gasteiger partial charge is 0.352 e. The van der Waals surface area contributed by atoms with Gasteiger partial charge in [0, 0.05) is 37.1 Å². The highest BCUT2D eigenvalue weighted by Crippen LogP contribution is 2.24. The van der Waals surface area contributed by atoms with Gasteiger partial charge in [0.25, 0.3) is 5.91 Å². The van der Waals surface area contributed by atoms with E-state index in [1.165, 1.54) is 10.5 Å². The van der Waals surface area contributed by atoms with E-state index in [1.807, 2.05) is 17.5 Å². The van der Waals surface area contributed by atoms with Gasteiger partial charge in [0.1, 0.15) is 5.01 Å². The van der Waals surface area contributed by atoms with E-state index in [0.717, 1.165) is 28.2 Å². The number of carbonyl (C=O) groups is 2. The van der Waals surface area contributed by atoms with E-state index in [9.17, 15) is 9.59 Å². The molecule has 6 heteroatoms. The maximum Gasteiger partial charge on any atom is 0.253 e.